The third-order valence-electron chi connectivity index (χ3n) is 5.70. The molecular weight excluding hydrogens is 410 g/mol. The predicted molar refractivity (Wildman–Crippen MR) is 116 cm³/mol. The summed E-state index contributed by atoms with van der Waals surface area (Å²) in [7, 11) is 0. The summed E-state index contributed by atoms with van der Waals surface area (Å²) in [4.78, 5) is 29.0. The van der Waals surface area contributed by atoms with Gasteiger partial charge in [-0.3, -0.25) is 9.36 Å². The van der Waals surface area contributed by atoms with Crippen LogP contribution in [0.25, 0.3) is 0 Å². The number of hydrogen-bond donors (Lipinski definition) is 1. The van der Waals surface area contributed by atoms with Crippen molar-refractivity contribution in [2.75, 3.05) is 18.5 Å². The molecule has 0 saturated carbocycles. The first-order valence-electron chi connectivity index (χ1n) is 10.6. The van der Waals surface area contributed by atoms with Crippen molar-refractivity contribution in [2.45, 2.75) is 31.0 Å². The van der Waals surface area contributed by atoms with Crippen LogP contribution in [0.5, 0.6) is 0 Å². The largest absolute Gasteiger partial charge is 0.371 e. The number of benzene rings is 2. The summed E-state index contributed by atoms with van der Waals surface area (Å²) in [6, 6.07) is 19.9. The molecule has 0 spiro atoms. The van der Waals surface area contributed by atoms with Crippen molar-refractivity contribution in [2.24, 2.45) is 0 Å². The molecule has 0 unspecified atom stereocenters. The maximum atomic E-state index is 12.7. The van der Waals surface area contributed by atoms with Crippen LogP contribution in [0.1, 0.15) is 34.7 Å². The minimum atomic E-state index is -0.453. The molecule has 5 rings (SSSR count). The van der Waals surface area contributed by atoms with Crippen molar-refractivity contribution in [1.29, 1.82) is 0 Å². The monoisotopic (exact) mass is 433 g/mol. The standard InChI is InChI=1S/C24H23N3O5/c28-22(16-7-3-1-4-8-16)25-21-11-12-27(24(29)26-21)18-13-19-20(30-14-18)15-31-23(32-19)17-9-5-2-6-10-17/h1-12,18-20,23H,13-15H2,(H,25,26,28,29)/t18-,19-,20+,23+/m0/s1. The van der Waals surface area contributed by atoms with Gasteiger partial charge in [-0.15, -0.1) is 0 Å². The van der Waals surface area contributed by atoms with E-state index in [2.05, 4.69) is 10.3 Å². The summed E-state index contributed by atoms with van der Waals surface area (Å²) in [5.74, 6) is -0.109. The minimum absolute atomic E-state index is 0.167. The highest BCUT2D eigenvalue weighted by Gasteiger charge is 2.39. The van der Waals surface area contributed by atoms with Gasteiger partial charge in [0.1, 0.15) is 11.9 Å². The van der Waals surface area contributed by atoms with Gasteiger partial charge in [0.15, 0.2) is 6.29 Å². The molecule has 164 valence electrons. The third kappa shape index (κ3) is 4.34. The lowest BCUT2D eigenvalue weighted by molar-refractivity contribution is -0.282. The Bertz CT molecular complexity index is 1140. The van der Waals surface area contributed by atoms with Gasteiger partial charge in [-0.2, -0.15) is 4.98 Å². The molecule has 8 heteroatoms. The summed E-state index contributed by atoms with van der Waals surface area (Å²) in [5, 5.41) is 2.66. The molecule has 1 aromatic heterocycles. The number of nitrogens with one attached hydrogen (secondary N) is 1. The number of nitrogens with zero attached hydrogens (tertiary/aromatic N) is 2. The molecule has 2 aliphatic rings. The van der Waals surface area contributed by atoms with E-state index in [0.29, 0.717) is 25.2 Å². The molecule has 2 saturated heterocycles. The van der Waals surface area contributed by atoms with Crippen LogP contribution in [0.4, 0.5) is 5.82 Å². The topological polar surface area (TPSA) is 91.7 Å². The lowest BCUT2D eigenvalue weighted by Crippen LogP contribution is -2.49. The minimum Gasteiger partial charge on any atom is -0.371 e. The molecule has 0 radical (unpaired) electrons. The molecule has 0 bridgehead atoms. The fraction of sp³-hybridized carbons (Fsp3) is 0.292. The van der Waals surface area contributed by atoms with Crippen LogP contribution in [0.15, 0.2) is 77.7 Å². The van der Waals surface area contributed by atoms with Crippen LogP contribution in [-0.4, -0.2) is 40.9 Å². The zero-order valence-corrected chi connectivity index (χ0v) is 17.3. The molecule has 8 nitrogen and oxygen atoms in total. The van der Waals surface area contributed by atoms with Crippen molar-refractivity contribution >= 4 is 11.7 Å². The zero-order chi connectivity index (χ0) is 21.9. The molecule has 4 atom stereocenters. The first kappa shape index (κ1) is 20.6. The Labute approximate surface area is 184 Å². The van der Waals surface area contributed by atoms with Crippen molar-refractivity contribution in [3.05, 3.63) is 94.5 Å². The number of hydrogen-bond acceptors (Lipinski definition) is 6. The summed E-state index contributed by atoms with van der Waals surface area (Å²) in [6.45, 7) is 0.801. The Balaban J connectivity index is 1.27. The number of anilines is 1. The number of aromatic nitrogens is 2. The maximum absolute atomic E-state index is 12.7. The number of carbonyl (C=O) groups excluding carboxylic acids is 1. The molecular formula is C24H23N3O5. The fourth-order valence-corrected chi connectivity index (χ4v) is 4.03. The molecule has 32 heavy (non-hydrogen) atoms. The third-order valence-corrected chi connectivity index (χ3v) is 5.70. The quantitative estimate of drug-likeness (QED) is 0.680. The number of rotatable bonds is 4. The van der Waals surface area contributed by atoms with Crippen molar-refractivity contribution in [3.8, 4) is 0 Å². The molecule has 3 heterocycles. The van der Waals surface area contributed by atoms with Gasteiger partial charge in [0, 0.05) is 17.3 Å². The van der Waals surface area contributed by atoms with Crippen molar-refractivity contribution in [3.63, 3.8) is 0 Å². The van der Waals surface area contributed by atoms with Crippen LogP contribution in [0.2, 0.25) is 0 Å². The van der Waals surface area contributed by atoms with Gasteiger partial charge in [-0.1, -0.05) is 48.5 Å². The Morgan fingerprint density at radius 3 is 2.44 bits per heavy atom. The van der Waals surface area contributed by atoms with E-state index in [1.54, 1.807) is 36.5 Å². The van der Waals surface area contributed by atoms with Crippen LogP contribution in [-0.2, 0) is 14.2 Å². The zero-order valence-electron chi connectivity index (χ0n) is 17.3. The van der Waals surface area contributed by atoms with Crippen LogP contribution in [0, 0.1) is 0 Å². The van der Waals surface area contributed by atoms with E-state index in [0.717, 1.165) is 5.56 Å². The maximum Gasteiger partial charge on any atom is 0.349 e. The van der Waals surface area contributed by atoms with Gasteiger partial charge in [-0.25, -0.2) is 4.79 Å². The van der Waals surface area contributed by atoms with Gasteiger partial charge in [0.05, 0.1) is 25.4 Å². The van der Waals surface area contributed by atoms with E-state index in [-0.39, 0.29) is 30.0 Å². The van der Waals surface area contributed by atoms with Crippen molar-refractivity contribution < 1.29 is 19.0 Å². The van der Waals surface area contributed by atoms with E-state index in [1.807, 2.05) is 36.4 Å². The Kier molecular flexibility index (Phi) is 5.81. The molecule has 2 fully saturated rings. The van der Waals surface area contributed by atoms with Crippen LogP contribution in [0.3, 0.4) is 0 Å². The molecule has 2 aliphatic heterocycles. The van der Waals surface area contributed by atoms with Crippen LogP contribution >= 0.6 is 0 Å². The number of ether oxygens (including phenoxy) is 3. The van der Waals surface area contributed by atoms with Gasteiger partial charge in [0.2, 0.25) is 0 Å². The van der Waals surface area contributed by atoms with Gasteiger partial charge < -0.3 is 19.5 Å². The lowest BCUT2D eigenvalue weighted by atomic mass is 10.0. The fourth-order valence-electron chi connectivity index (χ4n) is 4.03. The second kappa shape index (κ2) is 9.04. The Hall–Kier alpha value is -3.33. The molecule has 3 aromatic rings. The van der Waals surface area contributed by atoms with Crippen molar-refractivity contribution in [1.82, 2.24) is 9.55 Å². The van der Waals surface area contributed by atoms with E-state index in [4.69, 9.17) is 14.2 Å². The Morgan fingerprint density at radius 1 is 0.938 bits per heavy atom. The highest BCUT2D eigenvalue weighted by atomic mass is 16.7. The molecule has 0 aliphatic carbocycles. The van der Waals surface area contributed by atoms with E-state index < -0.39 is 12.0 Å². The molecule has 2 aromatic carbocycles. The summed E-state index contributed by atoms with van der Waals surface area (Å²) in [6.07, 6.45) is 1.43. The van der Waals surface area contributed by atoms with E-state index in [1.165, 1.54) is 4.57 Å². The van der Waals surface area contributed by atoms with E-state index >= 15 is 0 Å². The van der Waals surface area contributed by atoms with E-state index in [9.17, 15) is 9.59 Å². The van der Waals surface area contributed by atoms with Gasteiger partial charge in [0.25, 0.3) is 5.91 Å². The summed E-state index contributed by atoms with van der Waals surface area (Å²) < 4.78 is 19.4. The number of amides is 1. The average Bonchev–Trinajstić information content (AvgIpc) is 2.84. The normalized spacial score (nSPS) is 25.0. The smallest absolute Gasteiger partial charge is 0.349 e. The highest BCUT2D eigenvalue weighted by molar-refractivity contribution is 6.03. The Morgan fingerprint density at radius 2 is 1.69 bits per heavy atom. The first-order chi connectivity index (χ1) is 15.7. The highest BCUT2D eigenvalue weighted by Crippen LogP contribution is 2.34. The van der Waals surface area contributed by atoms with Gasteiger partial charge >= 0.3 is 5.69 Å². The summed E-state index contributed by atoms with van der Waals surface area (Å²) in [5.41, 5.74) is 0.995. The first-order valence-corrected chi connectivity index (χ1v) is 10.6. The predicted octanol–water partition coefficient (Wildman–Crippen LogP) is 2.94. The summed E-state index contributed by atoms with van der Waals surface area (Å²) >= 11 is 0. The number of fused-ring (bicyclic) bond motifs is 1. The lowest BCUT2D eigenvalue weighted by Gasteiger charge is -2.42. The van der Waals surface area contributed by atoms with Gasteiger partial charge in [-0.05, 0) is 24.6 Å². The number of carbonyl (C=O) groups is 1. The van der Waals surface area contributed by atoms with Crippen LogP contribution < -0.4 is 11.0 Å². The second-order valence-corrected chi connectivity index (χ2v) is 7.83. The molecule has 1 N–H and O–H groups in total. The average molecular weight is 433 g/mol. The molecule has 1 amide bonds. The SMILES string of the molecule is O=C(Nc1ccn([C@@H]2CO[C@@H]3CO[C@@H](c4ccccc4)O[C@H]3C2)c(=O)n1)c1ccccc1. The second-order valence-electron chi connectivity index (χ2n) is 7.83.